The molecule has 1 atom stereocenters. The van der Waals surface area contributed by atoms with Gasteiger partial charge in [-0.05, 0) is 19.3 Å². The van der Waals surface area contributed by atoms with Crippen molar-refractivity contribution in [3.63, 3.8) is 0 Å². The van der Waals surface area contributed by atoms with Crippen molar-refractivity contribution in [2.75, 3.05) is 13.2 Å². The molecule has 1 unspecified atom stereocenters. The molecule has 0 aliphatic carbocycles. The highest BCUT2D eigenvalue weighted by Crippen LogP contribution is 2.48. The molecule has 1 heterocycles. The molecule has 0 radical (unpaired) electrons. The Morgan fingerprint density at radius 1 is 0.909 bits per heavy atom. The van der Waals surface area contributed by atoms with Gasteiger partial charge in [-0.25, -0.2) is 0 Å². The zero-order valence-corrected chi connectivity index (χ0v) is 11.9. The first-order valence-electron chi connectivity index (χ1n) is 7.13. The molecule has 1 fully saturated rings. The Balaban J connectivity index is 2.14. The first-order valence-corrected chi connectivity index (χ1v) is 7.13. The molecule has 1 rings (SSSR count). The summed E-state index contributed by atoms with van der Waals surface area (Å²) in [7, 11) is 0. The minimum atomic E-state index is -6.24. The molecule has 0 N–H and O–H groups in total. The third-order valence-corrected chi connectivity index (χ3v) is 3.39. The smallest absolute Gasteiger partial charge is 0.353 e. The van der Waals surface area contributed by atoms with E-state index >= 15 is 0 Å². The molecule has 2 nitrogen and oxygen atoms in total. The van der Waals surface area contributed by atoms with Crippen LogP contribution in [0, 0.1) is 0 Å². The van der Waals surface area contributed by atoms with Gasteiger partial charge in [-0.1, -0.05) is 12.8 Å². The first kappa shape index (κ1) is 19.5. The maximum Gasteiger partial charge on any atom is 0.459 e. The van der Waals surface area contributed by atoms with Gasteiger partial charge in [0, 0.05) is 26.1 Å². The van der Waals surface area contributed by atoms with Crippen molar-refractivity contribution in [1.82, 2.24) is 0 Å². The molecular formula is C13H19F7O2. The Morgan fingerprint density at radius 2 is 1.55 bits per heavy atom. The predicted octanol–water partition coefficient (Wildman–Crippen LogP) is 4.92. The quantitative estimate of drug-likeness (QED) is 0.438. The number of halogens is 7. The molecule has 132 valence electrons. The summed E-state index contributed by atoms with van der Waals surface area (Å²) < 4.78 is 97.3. The van der Waals surface area contributed by atoms with Gasteiger partial charge in [0.1, 0.15) is 0 Å². The molecule has 0 aromatic carbocycles. The van der Waals surface area contributed by atoms with E-state index in [2.05, 4.69) is 0 Å². The Bertz CT molecular complexity index is 325. The fraction of sp³-hybridized carbons (Fsp3) is 1.00. The highest BCUT2D eigenvalue weighted by atomic mass is 19.4. The van der Waals surface area contributed by atoms with E-state index in [1.807, 2.05) is 0 Å². The van der Waals surface area contributed by atoms with Crippen molar-refractivity contribution < 1.29 is 40.2 Å². The zero-order chi connectivity index (χ0) is 16.9. The van der Waals surface area contributed by atoms with E-state index < -0.39 is 30.9 Å². The molecule has 0 spiro atoms. The lowest BCUT2D eigenvalue weighted by molar-refractivity contribution is -0.355. The Labute approximate surface area is 123 Å². The van der Waals surface area contributed by atoms with Crippen molar-refractivity contribution >= 4 is 0 Å². The van der Waals surface area contributed by atoms with Crippen molar-refractivity contribution in [2.45, 2.75) is 69.3 Å². The Morgan fingerprint density at radius 3 is 2.09 bits per heavy atom. The summed E-state index contributed by atoms with van der Waals surface area (Å²) >= 11 is 0. The van der Waals surface area contributed by atoms with E-state index in [0.29, 0.717) is 26.1 Å². The monoisotopic (exact) mass is 340 g/mol. The maximum atomic E-state index is 13.0. The first-order chi connectivity index (χ1) is 10.1. The summed E-state index contributed by atoms with van der Waals surface area (Å²) in [5, 5.41) is 0. The molecule has 0 amide bonds. The second-order valence-electron chi connectivity index (χ2n) is 5.25. The molecular weight excluding hydrogens is 321 g/mol. The van der Waals surface area contributed by atoms with Gasteiger partial charge in [0.25, 0.3) is 0 Å². The number of unbranched alkanes of at least 4 members (excludes halogenated alkanes) is 3. The molecule has 9 heteroatoms. The average molecular weight is 340 g/mol. The molecule has 1 aliphatic rings. The second kappa shape index (κ2) is 7.81. The van der Waals surface area contributed by atoms with Crippen LogP contribution in [0.25, 0.3) is 0 Å². The van der Waals surface area contributed by atoms with Crippen molar-refractivity contribution in [3.8, 4) is 0 Å². The van der Waals surface area contributed by atoms with Gasteiger partial charge in [-0.2, -0.15) is 30.7 Å². The molecule has 0 saturated carbocycles. The van der Waals surface area contributed by atoms with Gasteiger partial charge < -0.3 is 9.47 Å². The zero-order valence-electron chi connectivity index (χ0n) is 11.9. The summed E-state index contributed by atoms with van der Waals surface area (Å²) in [6.45, 7) is 0.979. The number of hydrogen-bond donors (Lipinski definition) is 0. The topological polar surface area (TPSA) is 18.5 Å². The van der Waals surface area contributed by atoms with E-state index in [4.69, 9.17) is 9.47 Å². The van der Waals surface area contributed by atoms with Crippen LogP contribution in [0.2, 0.25) is 0 Å². The minimum Gasteiger partial charge on any atom is -0.353 e. The number of hydrogen-bond acceptors (Lipinski definition) is 2. The van der Waals surface area contributed by atoms with Gasteiger partial charge in [-0.3, -0.25) is 0 Å². The molecule has 0 aromatic rings. The molecule has 1 saturated heterocycles. The average Bonchev–Trinajstić information content (AvgIpc) is 2.89. The standard InChI is InChI=1S/C13H19F7O2/c14-11(15,12(16,17)13(18,19)20)7-3-1-2-4-8-21-10-6-5-9-22-10/h10H,1-9H2. The molecule has 22 heavy (non-hydrogen) atoms. The lowest BCUT2D eigenvalue weighted by Crippen LogP contribution is -2.51. The van der Waals surface area contributed by atoms with Crippen LogP contribution >= 0.6 is 0 Å². The third kappa shape index (κ3) is 5.26. The summed E-state index contributed by atoms with van der Waals surface area (Å²) in [5.41, 5.74) is 0. The van der Waals surface area contributed by atoms with Crippen LogP contribution in [0.15, 0.2) is 0 Å². The summed E-state index contributed by atoms with van der Waals surface area (Å²) in [6, 6.07) is 0. The summed E-state index contributed by atoms with van der Waals surface area (Å²) in [5.74, 6) is -11.1. The lowest BCUT2D eigenvalue weighted by Gasteiger charge is -2.28. The van der Waals surface area contributed by atoms with Crippen LogP contribution in [0.1, 0.15) is 44.9 Å². The van der Waals surface area contributed by atoms with Gasteiger partial charge in [-0.15, -0.1) is 0 Å². The van der Waals surface area contributed by atoms with Crippen LogP contribution in [0.5, 0.6) is 0 Å². The SMILES string of the molecule is FC(F)(F)C(F)(F)C(F)(F)CCCCCCOC1CCCO1. The van der Waals surface area contributed by atoms with Crippen LogP contribution in [0.3, 0.4) is 0 Å². The number of rotatable bonds is 9. The highest BCUT2D eigenvalue weighted by Gasteiger charge is 2.72. The number of alkyl halides is 7. The van der Waals surface area contributed by atoms with Crippen LogP contribution in [-0.2, 0) is 9.47 Å². The highest BCUT2D eigenvalue weighted by molar-refractivity contribution is 4.90. The fourth-order valence-electron chi connectivity index (χ4n) is 2.06. The van der Waals surface area contributed by atoms with Gasteiger partial charge in [0.05, 0.1) is 0 Å². The summed E-state index contributed by atoms with van der Waals surface area (Å²) in [4.78, 5) is 0. The van der Waals surface area contributed by atoms with Crippen molar-refractivity contribution in [3.05, 3.63) is 0 Å². The molecule has 1 aliphatic heterocycles. The van der Waals surface area contributed by atoms with E-state index in [0.717, 1.165) is 12.8 Å². The van der Waals surface area contributed by atoms with Gasteiger partial charge >= 0.3 is 18.0 Å². The number of ether oxygens (including phenoxy) is 2. The van der Waals surface area contributed by atoms with Crippen LogP contribution in [-0.4, -0.2) is 37.5 Å². The maximum absolute atomic E-state index is 13.0. The molecule has 0 bridgehead atoms. The van der Waals surface area contributed by atoms with E-state index in [-0.39, 0.29) is 12.7 Å². The largest absolute Gasteiger partial charge is 0.459 e. The lowest BCUT2D eigenvalue weighted by atomic mass is 10.0. The van der Waals surface area contributed by atoms with Gasteiger partial charge in [0.2, 0.25) is 0 Å². The van der Waals surface area contributed by atoms with Crippen LogP contribution < -0.4 is 0 Å². The van der Waals surface area contributed by atoms with E-state index in [1.54, 1.807) is 0 Å². The third-order valence-electron chi connectivity index (χ3n) is 3.39. The van der Waals surface area contributed by atoms with Gasteiger partial charge in [0.15, 0.2) is 6.29 Å². The van der Waals surface area contributed by atoms with E-state index in [9.17, 15) is 30.7 Å². The Hall–Kier alpha value is -0.570. The normalized spacial score (nSPS) is 20.6. The predicted molar refractivity (Wildman–Crippen MR) is 64.0 cm³/mol. The van der Waals surface area contributed by atoms with Crippen molar-refractivity contribution in [2.24, 2.45) is 0 Å². The Kier molecular flexibility index (Phi) is 6.91. The van der Waals surface area contributed by atoms with Crippen molar-refractivity contribution in [1.29, 1.82) is 0 Å². The second-order valence-corrected chi connectivity index (χ2v) is 5.25. The summed E-state index contributed by atoms with van der Waals surface area (Å²) in [6.07, 6.45) is -5.63. The molecule has 0 aromatic heterocycles. The minimum absolute atomic E-state index is 0.137. The fourth-order valence-corrected chi connectivity index (χ4v) is 2.06. The van der Waals surface area contributed by atoms with E-state index in [1.165, 1.54) is 0 Å². The van der Waals surface area contributed by atoms with Crippen LogP contribution in [0.4, 0.5) is 30.7 Å².